The molecule has 0 fully saturated rings. The van der Waals surface area contributed by atoms with E-state index in [1.807, 2.05) is 35.8 Å². The van der Waals surface area contributed by atoms with Crippen molar-refractivity contribution in [3.63, 3.8) is 0 Å². The summed E-state index contributed by atoms with van der Waals surface area (Å²) in [7, 11) is -3.85. The smallest absolute Gasteiger partial charge is 0.261 e. The maximum atomic E-state index is 13.2. The zero-order valence-electron chi connectivity index (χ0n) is 18.7. The van der Waals surface area contributed by atoms with Gasteiger partial charge in [-0.3, -0.25) is 14.3 Å². The average molecular weight is 482 g/mol. The quantitative estimate of drug-likeness (QED) is 0.412. The predicted molar refractivity (Wildman–Crippen MR) is 130 cm³/mol. The van der Waals surface area contributed by atoms with Gasteiger partial charge in [-0.2, -0.15) is 0 Å². The number of rotatable bonds is 5. The summed E-state index contributed by atoms with van der Waals surface area (Å²) in [5, 5.41) is 8.95. The van der Waals surface area contributed by atoms with Crippen molar-refractivity contribution in [1.29, 1.82) is 0 Å². The first-order chi connectivity index (χ1) is 15.6. The largest absolute Gasteiger partial charge is 0.279 e. The molecule has 1 N–H and O–H groups in total. The zero-order valence-corrected chi connectivity index (χ0v) is 20.3. The summed E-state index contributed by atoms with van der Waals surface area (Å²) in [6, 6.07) is 15.5. The van der Waals surface area contributed by atoms with Gasteiger partial charge in [-0.05, 0) is 60.4 Å². The molecular formula is C24H24ClN5O2S. The predicted octanol–water partition coefficient (Wildman–Crippen LogP) is 5.39. The van der Waals surface area contributed by atoms with Crippen LogP contribution in [0.3, 0.4) is 0 Å². The van der Waals surface area contributed by atoms with Crippen molar-refractivity contribution in [2.45, 2.75) is 38.0 Å². The van der Waals surface area contributed by atoms with E-state index in [9.17, 15) is 8.42 Å². The third kappa shape index (κ3) is 4.77. The van der Waals surface area contributed by atoms with Crippen molar-refractivity contribution in [3.8, 4) is 17.1 Å². The Morgan fingerprint density at radius 1 is 0.939 bits per heavy atom. The lowest BCUT2D eigenvalue weighted by Gasteiger charge is -2.19. The standard InChI is InChI=1S/C24H24ClN5O2S/c1-16-27-28-23(30(16)19-11-13-26-14-12-19)21-15-18(25)7-10-22(21)29-33(31,32)20-8-5-17(6-9-20)24(2,3)4/h5-15,29H,1-4H3. The highest BCUT2D eigenvalue weighted by molar-refractivity contribution is 7.92. The molecule has 2 aromatic carbocycles. The normalized spacial score (nSPS) is 12.0. The summed E-state index contributed by atoms with van der Waals surface area (Å²) in [6.45, 7) is 8.06. The minimum Gasteiger partial charge on any atom is -0.279 e. The van der Waals surface area contributed by atoms with Gasteiger partial charge in [-0.1, -0.05) is 44.5 Å². The van der Waals surface area contributed by atoms with Crippen LogP contribution >= 0.6 is 11.6 Å². The molecule has 0 radical (unpaired) electrons. The van der Waals surface area contributed by atoms with Gasteiger partial charge in [0.05, 0.1) is 16.3 Å². The Morgan fingerprint density at radius 2 is 1.61 bits per heavy atom. The van der Waals surface area contributed by atoms with Crippen molar-refractivity contribution < 1.29 is 8.42 Å². The number of sulfonamides is 1. The lowest BCUT2D eigenvalue weighted by Crippen LogP contribution is -2.15. The van der Waals surface area contributed by atoms with Crippen LogP contribution in [0.4, 0.5) is 5.69 Å². The number of nitrogens with one attached hydrogen (secondary N) is 1. The van der Waals surface area contributed by atoms with E-state index in [2.05, 4.69) is 40.7 Å². The number of halogens is 1. The molecule has 0 saturated heterocycles. The number of nitrogens with zero attached hydrogens (tertiary/aromatic N) is 4. The Morgan fingerprint density at radius 3 is 2.24 bits per heavy atom. The Bertz CT molecular complexity index is 1390. The highest BCUT2D eigenvalue weighted by atomic mass is 35.5. The number of pyridine rings is 1. The Balaban J connectivity index is 1.77. The van der Waals surface area contributed by atoms with E-state index >= 15 is 0 Å². The van der Waals surface area contributed by atoms with Crippen LogP contribution in [0.2, 0.25) is 5.02 Å². The Kier molecular flexibility index (Phi) is 5.99. The summed E-state index contributed by atoms with van der Waals surface area (Å²) < 4.78 is 30.9. The lowest BCUT2D eigenvalue weighted by atomic mass is 9.87. The zero-order chi connectivity index (χ0) is 23.8. The van der Waals surface area contributed by atoms with Crippen LogP contribution in [-0.2, 0) is 15.4 Å². The Hall–Kier alpha value is -3.23. The summed E-state index contributed by atoms with van der Waals surface area (Å²) in [5.41, 5.74) is 2.63. The van der Waals surface area contributed by atoms with Gasteiger partial charge in [0.15, 0.2) is 5.82 Å². The van der Waals surface area contributed by atoms with E-state index in [0.29, 0.717) is 27.9 Å². The van der Waals surface area contributed by atoms with Gasteiger partial charge in [-0.25, -0.2) is 8.42 Å². The molecule has 0 unspecified atom stereocenters. The maximum absolute atomic E-state index is 13.2. The molecular weight excluding hydrogens is 458 g/mol. The second-order valence-corrected chi connectivity index (χ2v) is 10.8. The minimum absolute atomic E-state index is 0.0754. The Labute approximate surface area is 198 Å². The molecule has 0 bridgehead atoms. The SMILES string of the molecule is Cc1nnc(-c2cc(Cl)ccc2NS(=O)(=O)c2ccc(C(C)(C)C)cc2)n1-c1ccncc1. The molecule has 0 atom stereocenters. The van der Waals surface area contributed by atoms with Gasteiger partial charge in [0.25, 0.3) is 10.0 Å². The van der Waals surface area contributed by atoms with Gasteiger partial charge in [0.2, 0.25) is 0 Å². The highest BCUT2D eigenvalue weighted by Gasteiger charge is 2.22. The van der Waals surface area contributed by atoms with Gasteiger partial charge < -0.3 is 0 Å². The van der Waals surface area contributed by atoms with E-state index in [0.717, 1.165) is 11.3 Å². The molecule has 9 heteroatoms. The van der Waals surface area contributed by atoms with E-state index in [1.54, 1.807) is 42.7 Å². The van der Waals surface area contributed by atoms with Gasteiger partial charge in [0, 0.05) is 23.0 Å². The van der Waals surface area contributed by atoms with E-state index < -0.39 is 10.0 Å². The van der Waals surface area contributed by atoms with E-state index in [1.165, 1.54) is 0 Å². The molecule has 170 valence electrons. The maximum Gasteiger partial charge on any atom is 0.261 e. The number of benzene rings is 2. The number of hydrogen-bond donors (Lipinski definition) is 1. The van der Waals surface area contributed by atoms with E-state index in [-0.39, 0.29) is 10.3 Å². The van der Waals surface area contributed by atoms with Crippen LogP contribution in [0.1, 0.15) is 32.2 Å². The minimum atomic E-state index is -3.85. The van der Waals surface area contributed by atoms with Crippen LogP contribution in [0, 0.1) is 6.92 Å². The second kappa shape index (κ2) is 8.61. The molecule has 33 heavy (non-hydrogen) atoms. The topological polar surface area (TPSA) is 89.8 Å². The second-order valence-electron chi connectivity index (χ2n) is 8.68. The highest BCUT2D eigenvalue weighted by Crippen LogP contribution is 2.33. The average Bonchev–Trinajstić information content (AvgIpc) is 3.16. The van der Waals surface area contributed by atoms with Gasteiger partial charge in [-0.15, -0.1) is 10.2 Å². The fourth-order valence-electron chi connectivity index (χ4n) is 3.47. The van der Waals surface area contributed by atoms with E-state index in [4.69, 9.17) is 11.6 Å². The molecule has 7 nitrogen and oxygen atoms in total. The van der Waals surface area contributed by atoms with Crippen molar-refractivity contribution in [2.24, 2.45) is 0 Å². The summed E-state index contributed by atoms with van der Waals surface area (Å²) in [5.74, 6) is 1.10. The summed E-state index contributed by atoms with van der Waals surface area (Å²) in [6.07, 6.45) is 3.34. The first-order valence-electron chi connectivity index (χ1n) is 10.3. The molecule has 2 heterocycles. The summed E-state index contributed by atoms with van der Waals surface area (Å²) in [4.78, 5) is 4.22. The number of hydrogen-bond acceptors (Lipinski definition) is 5. The molecule has 0 amide bonds. The number of aromatic nitrogens is 4. The van der Waals surface area contributed by atoms with Gasteiger partial charge in [0.1, 0.15) is 5.82 Å². The van der Waals surface area contributed by atoms with Crippen LogP contribution in [0.15, 0.2) is 71.9 Å². The molecule has 0 aliphatic heterocycles. The fraction of sp³-hybridized carbons (Fsp3) is 0.208. The molecule has 0 spiro atoms. The lowest BCUT2D eigenvalue weighted by molar-refractivity contribution is 0.587. The van der Waals surface area contributed by atoms with Crippen LogP contribution in [0.5, 0.6) is 0 Å². The van der Waals surface area contributed by atoms with Crippen LogP contribution in [0.25, 0.3) is 17.1 Å². The van der Waals surface area contributed by atoms with Crippen molar-refractivity contribution in [3.05, 3.63) is 83.4 Å². The van der Waals surface area contributed by atoms with Crippen molar-refractivity contribution >= 4 is 27.3 Å². The molecule has 4 aromatic rings. The molecule has 2 aromatic heterocycles. The fourth-order valence-corrected chi connectivity index (χ4v) is 4.72. The van der Waals surface area contributed by atoms with Crippen molar-refractivity contribution in [1.82, 2.24) is 19.7 Å². The number of anilines is 1. The first-order valence-corrected chi connectivity index (χ1v) is 12.2. The first kappa shape index (κ1) is 22.9. The van der Waals surface area contributed by atoms with Gasteiger partial charge >= 0.3 is 0 Å². The molecule has 0 aliphatic carbocycles. The van der Waals surface area contributed by atoms with Crippen LogP contribution < -0.4 is 4.72 Å². The number of aryl methyl sites for hydroxylation is 1. The van der Waals surface area contributed by atoms with Crippen molar-refractivity contribution in [2.75, 3.05) is 4.72 Å². The molecule has 0 saturated carbocycles. The summed E-state index contributed by atoms with van der Waals surface area (Å²) >= 11 is 6.28. The molecule has 0 aliphatic rings. The molecule has 4 rings (SSSR count). The third-order valence-corrected chi connectivity index (χ3v) is 6.86. The third-order valence-electron chi connectivity index (χ3n) is 5.24. The monoisotopic (exact) mass is 481 g/mol. The van der Waals surface area contributed by atoms with Crippen LogP contribution in [-0.4, -0.2) is 28.2 Å².